The van der Waals surface area contributed by atoms with E-state index in [4.69, 9.17) is 11.6 Å². The first kappa shape index (κ1) is 17.8. The van der Waals surface area contributed by atoms with Crippen LogP contribution in [0.1, 0.15) is 31.4 Å². The van der Waals surface area contributed by atoms with Crippen molar-refractivity contribution in [1.29, 1.82) is 0 Å². The molecule has 0 fully saturated rings. The van der Waals surface area contributed by atoms with Crippen LogP contribution in [-0.4, -0.2) is 19.9 Å². The van der Waals surface area contributed by atoms with Crippen LogP contribution in [0, 0.1) is 0 Å². The zero-order valence-corrected chi connectivity index (χ0v) is 15.6. The number of halogens is 1. The van der Waals surface area contributed by atoms with E-state index in [1.807, 2.05) is 24.3 Å². The number of hydrogen-bond donors (Lipinski definition) is 1. The Labute approximate surface area is 154 Å². The Morgan fingerprint density at radius 1 is 1.12 bits per heavy atom. The van der Waals surface area contributed by atoms with Crippen LogP contribution < -0.4 is 4.72 Å². The van der Waals surface area contributed by atoms with E-state index in [0.717, 1.165) is 24.9 Å². The molecule has 0 aliphatic carbocycles. The lowest BCUT2D eigenvalue weighted by molar-refractivity contribution is 0.246. The van der Waals surface area contributed by atoms with E-state index in [1.54, 1.807) is 18.2 Å². The van der Waals surface area contributed by atoms with Crippen molar-refractivity contribution >= 4 is 21.6 Å². The van der Waals surface area contributed by atoms with E-state index in [1.165, 1.54) is 6.07 Å². The van der Waals surface area contributed by atoms with Crippen LogP contribution in [0.2, 0.25) is 5.02 Å². The number of sulfonamides is 1. The molecule has 0 aromatic heterocycles. The molecule has 3 rings (SSSR count). The number of benzene rings is 2. The lowest BCUT2D eigenvalue weighted by atomic mass is 10.1. The minimum absolute atomic E-state index is 0.0785. The average molecular weight is 377 g/mol. The van der Waals surface area contributed by atoms with Crippen molar-refractivity contribution in [3.63, 3.8) is 0 Å². The van der Waals surface area contributed by atoms with Gasteiger partial charge in [-0.2, -0.15) is 0 Å². The molecule has 0 amide bonds. The number of nitrogens with one attached hydrogen (secondary N) is 1. The number of hydrogen-bond acceptors (Lipinski definition) is 3. The predicted molar refractivity (Wildman–Crippen MR) is 101 cm³/mol. The van der Waals surface area contributed by atoms with Gasteiger partial charge in [-0.15, -0.1) is 0 Å². The highest BCUT2D eigenvalue weighted by molar-refractivity contribution is 7.89. The summed E-state index contributed by atoms with van der Waals surface area (Å²) in [6.07, 6.45) is 3.80. The van der Waals surface area contributed by atoms with Crippen LogP contribution in [0.25, 0.3) is 0 Å². The molecule has 25 heavy (non-hydrogen) atoms. The van der Waals surface area contributed by atoms with Crippen molar-refractivity contribution in [3.05, 3.63) is 77.1 Å². The molecule has 1 unspecified atom stereocenters. The highest BCUT2D eigenvalue weighted by Crippen LogP contribution is 2.27. The Morgan fingerprint density at radius 3 is 2.60 bits per heavy atom. The first-order valence-corrected chi connectivity index (χ1v) is 10.1. The third-order valence-electron chi connectivity index (χ3n) is 4.35. The molecule has 1 aliphatic rings. The second kappa shape index (κ2) is 7.50. The van der Waals surface area contributed by atoms with E-state index < -0.39 is 10.0 Å². The Kier molecular flexibility index (Phi) is 5.35. The highest BCUT2D eigenvalue weighted by Gasteiger charge is 2.25. The maximum atomic E-state index is 12.7. The topological polar surface area (TPSA) is 49.4 Å². The van der Waals surface area contributed by atoms with Gasteiger partial charge in [-0.05, 0) is 49.6 Å². The first-order chi connectivity index (χ1) is 12.0. The maximum absolute atomic E-state index is 12.7. The van der Waals surface area contributed by atoms with Gasteiger partial charge < -0.3 is 4.90 Å². The summed E-state index contributed by atoms with van der Waals surface area (Å²) in [4.78, 5) is 2.26. The van der Waals surface area contributed by atoms with Gasteiger partial charge >= 0.3 is 0 Å². The molecule has 6 heteroatoms. The minimum atomic E-state index is -3.68. The highest BCUT2D eigenvalue weighted by atomic mass is 35.5. The van der Waals surface area contributed by atoms with Crippen molar-refractivity contribution in [2.75, 3.05) is 6.54 Å². The predicted octanol–water partition coefficient (Wildman–Crippen LogP) is 4.32. The summed E-state index contributed by atoms with van der Waals surface area (Å²) in [6, 6.07) is 16.5. The standard InChI is InChI=1S/C19H21ClN2O2S/c1-15(16-8-3-2-4-9-16)22-13-6-5-12-19(22)21-25(23,24)18-11-7-10-17(20)14-18/h2-4,7-12,14-15,21H,5-6,13H2,1H3. The zero-order chi connectivity index (χ0) is 17.9. The summed E-state index contributed by atoms with van der Waals surface area (Å²) in [5.74, 6) is 0.627. The van der Waals surface area contributed by atoms with E-state index >= 15 is 0 Å². The summed E-state index contributed by atoms with van der Waals surface area (Å²) in [5.41, 5.74) is 1.15. The first-order valence-electron chi connectivity index (χ1n) is 8.27. The van der Waals surface area contributed by atoms with Crippen molar-refractivity contribution in [2.45, 2.75) is 30.7 Å². The Bertz CT molecular complexity index is 866. The molecule has 0 radical (unpaired) electrons. The Hall–Kier alpha value is -1.98. The van der Waals surface area contributed by atoms with E-state index in [0.29, 0.717) is 10.8 Å². The summed E-state index contributed by atoms with van der Waals surface area (Å²) < 4.78 is 28.2. The third kappa shape index (κ3) is 4.17. The molecule has 0 spiro atoms. The van der Waals surface area contributed by atoms with Crippen molar-refractivity contribution in [3.8, 4) is 0 Å². The zero-order valence-electron chi connectivity index (χ0n) is 14.0. The minimum Gasteiger partial charge on any atom is -0.351 e. The molecule has 1 atom stereocenters. The molecule has 1 aliphatic heterocycles. The molecule has 0 saturated heterocycles. The molecule has 1 N–H and O–H groups in total. The second-order valence-electron chi connectivity index (χ2n) is 6.07. The van der Waals surface area contributed by atoms with E-state index in [-0.39, 0.29) is 10.9 Å². The fourth-order valence-corrected chi connectivity index (χ4v) is 4.37. The molecule has 1 heterocycles. The van der Waals surface area contributed by atoms with E-state index in [2.05, 4.69) is 28.7 Å². The summed E-state index contributed by atoms with van der Waals surface area (Å²) in [6.45, 7) is 2.89. The molecule has 132 valence electrons. The van der Waals surface area contributed by atoms with Gasteiger partial charge in [0.2, 0.25) is 0 Å². The fraction of sp³-hybridized carbons (Fsp3) is 0.263. The summed E-state index contributed by atoms with van der Waals surface area (Å²) in [7, 11) is -3.68. The Balaban J connectivity index is 1.86. The lowest BCUT2D eigenvalue weighted by Gasteiger charge is -2.36. The third-order valence-corrected chi connectivity index (χ3v) is 5.93. The molecule has 4 nitrogen and oxygen atoms in total. The van der Waals surface area contributed by atoms with Gasteiger partial charge in [-0.25, -0.2) is 8.42 Å². The molecule has 2 aromatic carbocycles. The van der Waals surface area contributed by atoms with Crippen LogP contribution in [0.5, 0.6) is 0 Å². The van der Waals surface area contributed by atoms with Gasteiger partial charge in [0.05, 0.1) is 10.9 Å². The second-order valence-corrected chi connectivity index (χ2v) is 8.19. The maximum Gasteiger partial charge on any atom is 0.263 e. The fourth-order valence-electron chi connectivity index (χ4n) is 2.98. The van der Waals surface area contributed by atoms with Crippen LogP contribution >= 0.6 is 11.6 Å². The smallest absolute Gasteiger partial charge is 0.263 e. The van der Waals surface area contributed by atoms with Gasteiger partial charge in [0, 0.05) is 11.6 Å². The Morgan fingerprint density at radius 2 is 1.88 bits per heavy atom. The molecular weight excluding hydrogens is 356 g/mol. The quantitative estimate of drug-likeness (QED) is 0.845. The van der Waals surface area contributed by atoms with Gasteiger partial charge in [0.25, 0.3) is 10.0 Å². The molecular formula is C19H21ClN2O2S. The van der Waals surface area contributed by atoms with Crippen LogP contribution in [0.3, 0.4) is 0 Å². The summed E-state index contributed by atoms with van der Waals surface area (Å²) in [5, 5.41) is 0.398. The number of nitrogens with zero attached hydrogens (tertiary/aromatic N) is 1. The summed E-state index contributed by atoms with van der Waals surface area (Å²) >= 11 is 5.94. The normalized spacial score (nSPS) is 16.2. The monoisotopic (exact) mass is 376 g/mol. The van der Waals surface area contributed by atoms with Gasteiger partial charge in [-0.1, -0.05) is 48.0 Å². The van der Waals surface area contributed by atoms with Crippen molar-refractivity contribution < 1.29 is 8.42 Å². The van der Waals surface area contributed by atoms with Crippen LogP contribution in [0.15, 0.2) is 71.4 Å². The van der Waals surface area contributed by atoms with Crippen molar-refractivity contribution in [1.82, 2.24) is 9.62 Å². The number of rotatable bonds is 5. The molecule has 2 aromatic rings. The van der Waals surface area contributed by atoms with Crippen molar-refractivity contribution in [2.24, 2.45) is 0 Å². The van der Waals surface area contributed by atoms with Crippen LogP contribution in [-0.2, 0) is 10.0 Å². The largest absolute Gasteiger partial charge is 0.351 e. The van der Waals surface area contributed by atoms with Gasteiger partial charge in [-0.3, -0.25) is 4.72 Å². The van der Waals surface area contributed by atoms with Gasteiger partial charge in [0.15, 0.2) is 0 Å². The van der Waals surface area contributed by atoms with Crippen LogP contribution in [0.4, 0.5) is 0 Å². The van der Waals surface area contributed by atoms with E-state index in [9.17, 15) is 8.42 Å². The lowest BCUT2D eigenvalue weighted by Crippen LogP contribution is -2.39. The molecule has 0 saturated carbocycles. The molecule has 0 bridgehead atoms. The van der Waals surface area contributed by atoms with Gasteiger partial charge in [0.1, 0.15) is 5.82 Å². The average Bonchev–Trinajstić information content (AvgIpc) is 2.62. The SMILES string of the molecule is CC(c1ccccc1)N1CCCC=C1NS(=O)(=O)c1cccc(Cl)c1. The number of allylic oxidation sites excluding steroid dienone is 1.